The van der Waals surface area contributed by atoms with Gasteiger partial charge in [-0.25, -0.2) is 4.79 Å². The first-order chi connectivity index (χ1) is 12.0. The SMILES string of the molecule is CCCCCC/C=C/[C@H]1C(=O)CC(=O)[C@@H]1C/C=C\CCC(O)C(=O)O. The molecule has 5 heteroatoms. The third kappa shape index (κ3) is 7.78. The van der Waals surface area contributed by atoms with E-state index >= 15 is 0 Å². The number of ketones is 2. The van der Waals surface area contributed by atoms with Crippen LogP contribution in [0.4, 0.5) is 0 Å². The van der Waals surface area contributed by atoms with Crippen LogP contribution in [0.5, 0.6) is 0 Å². The minimum Gasteiger partial charge on any atom is -0.479 e. The highest BCUT2D eigenvalue weighted by Crippen LogP contribution is 2.30. The van der Waals surface area contributed by atoms with Gasteiger partial charge in [0.15, 0.2) is 6.10 Å². The molecule has 0 aromatic rings. The Morgan fingerprint density at radius 2 is 1.88 bits per heavy atom. The van der Waals surface area contributed by atoms with Crippen LogP contribution >= 0.6 is 0 Å². The smallest absolute Gasteiger partial charge is 0.332 e. The summed E-state index contributed by atoms with van der Waals surface area (Å²) in [6.07, 6.45) is 12.9. The molecule has 0 radical (unpaired) electrons. The van der Waals surface area contributed by atoms with E-state index in [0.29, 0.717) is 12.8 Å². The van der Waals surface area contributed by atoms with Crippen molar-refractivity contribution < 1.29 is 24.6 Å². The summed E-state index contributed by atoms with van der Waals surface area (Å²) >= 11 is 0. The van der Waals surface area contributed by atoms with Crippen molar-refractivity contribution in [3.05, 3.63) is 24.3 Å². The van der Waals surface area contributed by atoms with E-state index in [4.69, 9.17) is 5.11 Å². The molecule has 0 aromatic carbocycles. The molecule has 0 heterocycles. The molecule has 1 saturated carbocycles. The molecule has 1 rings (SSSR count). The van der Waals surface area contributed by atoms with Gasteiger partial charge in [-0.3, -0.25) is 9.59 Å². The van der Waals surface area contributed by atoms with Crippen molar-refractivity contribution in [2.45, 2.75) is 70.8 Å². The zero-order chi connectivity index (χ0) is 18.7. The maximum absolute atomic E-state index is 12.0. The van der Waals surface area contributed by atoms with Gasteiger partial charge in [0.05, 0.1) is 6.42 Å². The van der Waals surface area contributed by atoms with Crippen LogP contribution in [-0.2, 0) is 14.4 Å². The number of hydrogen-bond donors (Lipinski definition) is 2. The van der Waals surface area contributed by atoms with Crippen LogP contribution in [-0.4, -0.2) is 33.9 Å². The summed E-state index contributed by atoms with van der Waals surface area (Å²) in [4.78, 5) is 34.6. The van der Waals surface area contributed by atoms with Crippen molar-refractivity contribution in [2.24, 2.45) is 11.8 Å². The Labute approximate surface area is 149 Å². The van der Waals surface area contributed by atoms with Gasteiger partial charge in [-0.2, -0.15) is 0 Å². The van der Waals surface area contributed by atoms with Crippen molar-refractivity contribution in [1.82, 2.24) is 0 Å². The van der Waals surface area contributed by atoms with Gasteiger partial charge in [0.2, 0.25) is 0 Å². The Morgan fingerprint density at radius 3 is 2.56 bits per heavy atom. The van der Waals surface area contributed by atoms with Crippen LogP contribution in [0.25, 0.3) is 0 Å². The predicted molar refractivity (Wildman–Crippen MR) is 96.1 cm³/mol. The van der Waals surface area contributed by atoms with Crippen LogP contribution in [0.3, 0.4) is 0 Å². The molecule has 0 spiro atoms. The average Bonchev–Trinajstić information content (AvgIpc) is 2.83. The summed E-state index contributed by atoms with van der Waals surface area (Å²) in [7, 11) is 0. The molecule has 0 aromatic heterocycles. The highest BCUT2D eigenvalue weighted by molar-refractivity contribution is 6.09. The maximum Gasteiger partial charge on any atom is 0.332 e. The molecule has 0 saturated heterocycles. The number of rotatable bonds is 12. The van der Waals surface area contributed by atoms with E-state index in [0.717, 1.165) is 12.8 Å². The second-order valence-electron chi connectivity index (χ2n) is 6.66. The molecular formula is C20H30O5. The molecule has 0 aliphatic heterocycles. The number of carboxylic acid groups (broad SMARTS) is 1. The Morgan fingerprint density at radius 1 is 1.12 bits per heavy atom. The van der Waals surface area contributed by atoms with Crippen LogP contribution in [0.1, 0.15) is 64.7 Å². The lowest BCUT2D eigenvalue weighted by Gasteiger charge is -2.11. The fraction of sp³-hybridized carbons (Fsp3) is 0.650. The molecule has 2 N–H and O–H groups in total. The van der Waals surface area contributed by atoms with Gasteiger partial charge < -0.3 is 10.2 Å². The van der Waals surface area contributed by atoms with Gasteiger partial charge in [0, 0.05) is 11.8 Å². The predicted octanol–water partition coefficient (Wildman–Crippen LogP) is 3.46. The average molecular weight is 350 g/mol. The zero-order valence-electron chi connectivity index (χ0n) is 15.0. The van der Waals surface area contributed by atoms with Crippen LogP contribution < -0.4 is 0 Å². The summed E-state index contributed by atoms with van der Waals surface area (Å²) < 4.78 is 0. The van der Waals surface area contributed by atoms with Gasteiger partial charge >= 0.3 is 5.97 Å². The number of unbranched alkanes of at least 4 members (excludes halogenated alkanes) is 4. The van der Waals surface area contributed by atoms with Gasteiger partial charge in [-0.15, -0.1) is 0 Å². The summed E-state index contributed by atoms with van der Waals surface area (Å²) in [5, 5.41) is 17.8. The molecule has 1 fully saturated rings. The number of hydrogen-bond acceptors (Lipinski definition) is 4. The van der Waals surface area contributed by atoms with E-state index in [9.17, 15) is 19.5 Å². The van der Waals surface area contributed by atoms with Crippen LogP contribution in [0, 0.1) is 11.8 Å². The highest BCUT2D eigenvalue weighted by Gasteiger charge is 2.38. The molecular weight excluding hydrogens is 320 g/mol. The fourth-order valence-corrected chi connectivity index (χ4v) is 3.03. The number of carbonyl (C=O) groups is 3. The van der Waals surface area contributed by atoms with Gasteiger partial charge in [-0.05, 0) is 32.1 Å². The molecule has 1 aliphatic carbocycles. The largest absolute Gasteiger partial charge is 0.479 e. The fourth-order valence-electron chi connectivity index (χ4n) is 3.03. The summed E-state index contributed by atoms with van der Waals surface area (Å²) in [5.41, 5.74) is 0. The van der Waals surface area contributed by atoms with Crippen molar-refractivity contribution >= 4 is 17.5 Å². The van der Waals surface area contributed by atoms with E-state index in [1.807, 2.05) is 18.2 Å². The highest BCUT2D eigenvalue weighted by atomic mass is 16.4. The van der Waals surface area contributed by atoms with Crippen molar-refractivity contribution in [3.8, 4) is 0 Å². The lowest BCUT2D eigenvalue weighted by Crippen LogP contribution is -2.18. The van der Waals surface area contributed by atoms with E-state index in [1.54, 1.807) is 6.08 Å². The molecule has 25 heavy (non-hydrogen) atoms. The lowest BCUT2D eigenvalue weighted by molar-refractivity contribution is -0.146. The molecule has 140 valence electrons. The van der Waals surface area contributed by atoms with Crippen molar-refractivity contribution in [1.29, 1.82) is 0 Å². The van der Waals surface area contributed by atoms with Crippen LogP contribution in [0.2, 0.25) is 0 Å². The Kier molecular flexibility index (Phi) is 10.0. The minimum absolute atomic E-state index is 0.00509. The van der Waals surface area contributed by atoms with E-state index in [1.165, 1.54) is 19.3 Å². The quantitative estimate of drug-likeness (QED) is 0.319. The number of carboxylic acids is 1. The Balaban J connectivity index is 2.43. The first-order valence-electron chi connectivity index (χ1n) is 9.25. The van der Waals surface area contributed by atoms with E-state index in [2.05, 4.69) is 6.92 Å². The summed E-state index contributed by atoms with van der Waals surface area (Å²) in [6, 6.07) is 0. The third-order valence-corrected chi connectivity index (χ3v) is 4.58. The summed E-state index contributed by atoms with van der Waals surface area (Å²) in [5.74, 6) is -1.88. The number of aliphatic hydroxyl groups excluding tert-OH is 1. The topological polar surface area (TPSA) is 91.7 Å². The zero-order valence-corrected chi connectivity index (χ0v) is 15.0. The molecule has 0 amide bonds. The number of aliphatic hydroxyl groups is 1. The first kappa shape index (κ1) is 21.3. The normalized spacial score (nSPS) is 22.3. The molecule has 0 bridgehead atoms. The molecule has 5 nitrogen and oxygen atoms in total. The van der Waals surface area contributed by atoms with Gasteiger partial charge in [0.1, 0.15) is 11.6 Å². The van der Waals surface area contributed by atoms with Gasteiger partial charge in [0.25, 0.3) is 0 Å². The Hall–Kier alpha value is -1.75. The third-order valence-electron chi connectivity index (χ3n) is 4.58. The second-order valence-corrected chi connectivity index (χ2v) is 6.66. The van der Waals surface area contributed by atoms with Gasteiger partial charge in [-0.1, -0.05) is 50.5 Å². The monoisotopic (exact) mass is 350 g/mol. The number of allylic oxidation sites excluding steroid dienone is 4. The summed E-state index contributed by atoms with van der Waals surface area (Å²) in [6.45, 7) is 2.17. The van der Waals surface area contributed by atoms with E-state index < -0.39 is 12.1 Å². The van der Waals surface area contributed by atoms with Crippen molar-refractivity contribution in [3.63, 3.8) is 0 Å². The van der Waals surface area contributed by atoms with E-state index in [-0.39, 0.29) is 36.2 Å². The minimum atomic E-state index is -1.36. The molecule has 1 aliphatic rings. The number of aliphatic carboxylic acids is 1. The Bertz CT molecular complexity index is 506. The number of carbonyl (C=O) groups excluding carboxylic acids is 2. The van der Waals surface area contributed by atoms with Crippen molar-refractivity contribution in [2.75, 3.05) is 0 Å². The molecule has 1 unspecified atom stereocenters. The second kappa shape index (κ2) is 11.7. The molecule has 3 atom stereocenters. The standard InChI is InChI=1S/C20H30O5/c1-2-3-4-5-6-8-11-15-16(19(23)14-18(15)22)12-9-7-10-13-17(21)20(24)25/h7-9,11,15-17,21H,2-6,10,12-14H2,1H3,(H,24,25)/b9-7-,11-8+/t15-,16-,17?/m1/s1. The lowest BCUT2D eigenvalue weighted by atomic mass is 9.91. The first-order valence-corrected chi connectivity index (χ1v) is 9.25. The van der Waals surface area contributed by atoms with Crippen LogP contribution in [0.15, 0.2) is 24.3 Å². The maximum atomic E-state index is 12.0. The number of Topliss-reactive ketones (excluding diaryl/α,β-unsaturated/α-hetero) is 2.